The van der Waals surface area contributed by atoms with E-state index in [1.807, 2.05) is 0 Å². The van der Waals surface area contributed by atoms with Gasteiger partial charge in [0.25, 0.3) is 0 Å². The van der Waals surface area contributed by atoms with Crippen molar-refractivity contribution in [2.75, 3.05) is 13.2 Å². The first-order valence-corrected chi connectivity index (χ1v) is 5.18. The van der Waals surface area contributed by atoms with Gasteiger partial charge in [-0.05, 0) is 18.6 Å². The van der Waals surface area contributed by atoms with Crippen LogP contribution in [0.2, 0.25) is 0 Å². The van der Waals surface area contributed by atoms with Crippen LogP contribution in [0.15, 0.2) is 30.3 Å². The topological polar surface area (TPSA) is 46.5 Å². The number of carbonyl (C=O) groups is 1. The van der Waals surface area contributed by atoms with E-state index < -0.39 is 11.6 Å². The Labute approximate surface area is 92.9 Å². The quantitative estimate of drug-likeness (QED) is 0.789. The highest BCUT2D eigenvalue weighted by Gasteiger charge is 2.56. The van der Waals surface area contributed by atoms with Gasteiger partial charge in [0.05, 0.1) is 5.56 Å². The van der Waals surface area contributed by atoms with Gasteiger partial charge < -0.3 is 9.84 Å². The minimum atomic E-state index is -1.51. The van der Waals surface area contributed by atoms with Gasteiger partial charge in [0.2, 0.25) is 0 Å². The minimum Gasteiger partial charge on any atom is -0.459 e. The maximum atomic E-state index is 13.6. The number of hydrogen-bond acceptors (Lipinski definition) is 3. The van der Waals surface area contributed by atoms with Crippen molar-refractivity contribution >= 4 is 5.97 Å². The molecule has 86 valence electrons. The number of halogens is 1. The van der Waals surface area contributed by atoms with Crippen LogP contribution in [0.4, 0.5) is 4.39 Å². The fourth-order valence-corrected chi connectivity index (χ4v) is 1.60. The molecule has 16 heavy (non-hydrogen) atoms. The highest BCUT2D eigenvalue weighted by molar-refractivity contribution is 5.89. The van der Waals surface area contributed by atoms with Crippen LogP contribution in [0, 0.1) is 5.92 Å². The zero-order valence-corrected chi connectivity index (χ0v) is 8.73. The normalized spacial score (nSPS) is 27.5. The maximum absolute atomic E-state index is 13.6. The molecule has 0 aliphatic heterocycles. The smallest absolute Gasteiger partial charge is 0.338 e. The molecule has 0 unspecified atom stereocenters. The number of ether oxygens (including phenoxy) is 1. The minimum absolute atomic E-state index is 0.195. The number of carbonyl (C=O) groups excluding carboxylic acids is 1. The summed E-state index contributed by atoms with van der Waals surface area (Å²) in [6, 6.07) is 8.45. The third-order valence-corrected chi connectivity index (χ3v) is 2.83. The number of aliphatic hydroxyl groups excluding tert-OH is 1. The molecule has 0 amide bonds. The van der Waals surface area contributed by atoms with Gasteiger partial charge in [-0.1, -0.05) is 18.2 Å². The summed E-state index contributed by atoms with van der Waals surface area (Å²) in [6.45, 7) is -0.467. The lowest BCUT2D eigenvalue weighted by Gasteiger charge is -2.08. The zero-order chi connectivity index (χ0) is 11.6. The molecule has 1 aliphatic carbocycles. The van der Waals surface area contributed by atoms with Crippen LogP contribution < -0.4 is 0 Å². The summed E-state index contributed by atoms with van der Waals surface area (Å²) in [6.07, 6.45) is 0.269. The first-order chi connectivity index (χ1) is 7.65. The Morgan fingerprint density at radius 2 is 2.19 bits per heavy atom. The van der Waals surface area contributed by atoms with Crippen LogP contribution in [0.3, 0.4) is 0 Å². The number of benzene rings is 1. The van der Waals surface area contributed by atoms with Crippen molar-refractivity contribution in [3.8, 4) is 0 Å². The Balaban J connectivity index is 1.86. The monoisotopic (exact) mass is 224 g/mol. The molecule has 1 aliphatic rings. The van der Waals surface area contributed by atoms with E-state index in [0.29, 0.717) is 5.56 Å². The highest BCUT2D eigenvalue weighted by Crippen LogP contribution is 2.47. The van der Waals surface area contributed by atoms with Gasteiger partial charge in [0.1, 0.15) is 6.61 Å². The first-order valence-electron chi connectivity index (χ1n) is 5.18. The third-order valence-electron chi connectivity index (χ3n) is 2.83. The molecule has 0 saturated heterocycles. The predicted molar refractivity (Wildman–Crippen MR) is 55.8 cm³/mol. The fraction of sp³-hybridized carbons (Fsp3) is 0.417. The van der Waals surface area contributed by atoms with Gasteiger partial charge >= 0.3 is 5.97 Å². The largest absolute Gasteiger partial charge is 0.459 e. The Morgan fingerprint density at radius 3 is 2.75 bits per heavy atom. The van der Waals surface area contributed by atoms with Crippen molar-refractivity contribution in [1.82, 2.24) is 0 Å². The van der Waals surface area contributed by atoms with E-state index in [1.165, 1.54) is 0 Å². The van der Waals surface area contributed by atoms with Crippen molar-refractivity contribution in [2.45, 2.75) is 12.1 Å². The average molecular weight is 224 g/mol. The lowest BCUT2D eigenvalue weighted by Crippen LogP contribution is -2.19. The molecule has 0 aromatic heterocycles. The van der Waals surface area contributed by atoms with Crippen molar-refractivity contribution < 1.29 is 19.0 Å². The Hall–Kier alpha value is -1.42. The molecule has 1 aromatic rings. The first kappa shape index (κ1) is 11.1. The summed E-state index contributed by atoms with van der Waals surface area (Å²) < 4.78 is 18.5. The summed E-state index contributed by atoms with van der Waals surface area (Å²) in [5.74, 6) is -0.905. The van der Waals surface area contributed by atoms with Crippen LogP contribution in [-0.4, -0.2) is 30.0 Å². The SMILES string of the molecule is O=C(OC[C@@]1(F)C[C@@H]1CO)c1ccccc1. The van der Waals surface area contributed by atoms with Gasteiger partial charge in [-0.15, -0.1) is 0 Å². The summed E-state index contributed by atoms with van der Waals surface area (Å²) in [7, 11) is 0. The fourth-order valence-electron chi connectivity index (χ4n) is 1.60. The van der Waals surface area contributed by atoms with Gasteiger partial charge in [0.15, 0.2) is 5.67 Å². The molecule has 1 N–H and O–H groups in total. The molecule has 1 fully saturated rings. The molecule has 1 aromatic carbocycles. The second-order valence-corrected chi connectivity index (χ2v) is 4.06. The van der Waals surface area contributed by atoms with E-state index in [4.69, 9.17) is 9.84 Å². The second-order valence-electron chi connectivity index (χ2n) is 4.06. The number of aliphatic hydroxyl groups is 1. The van der Waals surface area contributed by atoms with Gasteiger partial charge in [-0.25, -0.2) is 9.18 Å². The average Bonchev–Trinajstić information content (AvgIpc) is 2.99. The van der Waals surface area contributed by atoms with Gasteiger partial charge in [-0.2, -0.15) is 0 Å². The zero-order valence-electron chi connectivity index (χ0n) is 8.73. The van der Waals surface area contributed by atoms with E-state index in [0.717, 1.165) is 0 Å². The van der Waals surface area contributed by atoms with Crippen molar-refractivity contribution in [3.63, 3.8) is 0 Å². The molecular formula is C12H13FO3. The number of rotatable bonds is 4. The molecule has 0 bridgehead atoms. The van der Waals surface area contributed by atoms with Crippen LogP contribution in [0.1, 0.15) is 16.8 Å². The lowest BCUT2D eigenvalue weighted by atomic mass is 10.2. The van der Waals surface area contributed by atoms with Crippen LogP contribution in [0.5, 0.6) is 0 Å². The van der Waals surface area contributed by atoms with Crippen LogP contribution in [0.25, 0.3) is 0 Å². The molecule has 3 nitrogen and oxygen atoms in total. The number of hydrogen-bond donors (Lipinski definition) is 1. The third kappa shape index (κ3) is 2.22. The highest BCUT2D eigenvalue weighted by atomic mass is 19.1. The molecular weight excluding hydrogens is 211 g/mol. The molecule has 0 heterocycles. The molecule has 2 atom stereocenters. The summed E-state index contributed by atoms with van der Waals surface area (Å²) >= 11 is 0. The van der Waals surface area contributed by atoms with Crippen LogP contribution in [-0.2, 0) is 4.74 Å². The van der Waals surface area contributed by atoms with E-state index in [9.17, 15) is 9.18 Å². The summed E-state index contributed by atoms with van der Waals surface area (Å²) in [5.41, 5.74) is -1.11. The van der Waals surface area contributed by atoms with Crippen LogP contribution >= 0.6 is 0 Å². The molecule has 0 spiro atoms. The van der Waals surface area contributed by atoms with Gasteiger partial charge in [0, 0.05) is 12.5 Å². The Bertz CT molecular complexity index is 379. The molecule has 2 rings (SSSR count). The molecule has 4 heteroatoms. The van der Waals surface area contributed by atoms with Crippen molar-refractivity contribution in [3.05, 3.63) is 35.9 Å². The molecule has 0 radical (unpaired) electrons. The van der Waals surface area contributed by atoms with Crippen molar-refractivity contribution in [2.24, 2.45) is 5.92 Å². The lowest BCUT2D eigenvalue weighted by molar-refractivity contribution is 0.0327. The summed E-state index contributed by atoms with van der Waals surface area (Å²) in [5, 5.41) is 8.74. The summed E-state index contributed by atoms with van der Waals surface area (Å²) in [4.78, 5) is 11.5. The number of esters is 1. The second kappa shape index (κ2) is 4.22. The Kier molecular flexibility index (Phi) is 2.92. The van der Waals surface area contributed by atoms with Crippen molar-refractivity contribution in [1.29, 1.82) is 0 Å². The van der Waals surface area contributed by atoms with E-state index in [1.54, 1.807) is 30.3 Å². The van der Waals surface area contributed by atoms with E-state index >= 15 is 0 Å². The van der Waals surface area contributed by atoms with E-state index in [2.05, 4.69) is 0 Å². The van der Waals surface area contributed by atoms with E-state index in [-0.39, 0.29) is 25.6 Å². The van der Waals surface area contributed by atoms with Gasteiger partial charge in [-0.3, -0.25) is 0 Å². The molecule has 1 saturated carbocycles. The maximum Gasteiger partial charge on any atom is 0.338 e. The Morgan fingerprint density at radius 1 is 1.50 bits per heavy atom. The number of alkyl halides is 1. The predicted octanol–water partition coefficient (Wildman–Crippen LogP) is 1.56. The standard InChI is InChI=1S/C12H13FO3/c13-12(6-10(12)7-14)8-16-11(15)9-4-2-1-3-5-9/h1-5,10,14H,6-8H2/t10-,12+/m1/s1.